The fourth-order valence-corrected chi connectivity index (χ4v) is 4.92. The number of pyridine rings is 1. The minimum absolute atomic E-state index is 0.516. The van der Waals surface area contributed by atoms with Crippen molar-refractivity contribution in [3.8, 4) is 16.9 Å². The molecule has 1 aliphatic rings. The molecule has 5 rings (SSSR count). The molecule has 0 radical (unpaired) electrons. The van der Waals surface area contributed by atoms with Crippen LogP contribution in [0.4, 0.5) is 13.2 Å². The van der Waals surface area contributed by atoms with E-state index in [9.17, 15) is 18.3 Å². The zero-order valence-corrected chi connectivity index (χ0v) is 19.7. The molecule has 1 aliphatic heterocycles. The molecule has 0 bridgehead atoms. The number of aromatic nitrogens is 1. The van der Waals surface area contributed by atoms with Crippen LogP contribution in [0.1, 0.15) is 36.6 Å². The van der Waals surface area contributed by atoms with Gasteiger partial charge in [0.15, 0.2) is 5.60 Å². The van der Waals surface area contributed by atoms with Crippen LogP contribution in [0.2, 0.25) is 0 Å². The second-order valence-corrected chi connectivity index (χ2v) is 9.40. The lowest BCUT2D eigenvalue weighted by molar-refractivity contribution is -0.280. The first-order valence-electron chi connectivity index (χ1n) is 11.5. The summed E-state index contributed by atoms with van der Waals surface area (Å²) in [6.45, 7) is 3.76. The van der Waals surface area contributed by atoms with Crippen molar-refractivity contribution in [3.05, 3.63) is 71.4 Å². The standard InChI is InChI=1S/C28H26F3NO3/c1-16-14-18-6-4-5-7-19(18)25(23(16)22(15-33)35-27(2,3)28(29,30)31)20-8-9-21-24-17(11-13-34-21)10-12-32-26(20)24/h4-10,12,14,22,33H,11,13,15H2,1-3H3. The van der Waals surface area contributed by atoms with Crippen molar-refractivity contribution in [3.63, 3.8) is 0 Å². The maximum absolute atomic E-state index is 13.7. The Labute approximate surface area is 201 Å². The SMILES string of the molecule is Cc1cc2ccccc2c(-c2ccc3c4c(ccnc24)CCO3)c1C(CO)OC(C)(C)C(F)(F)F. The molecule has 1 aromatic heterocycles. The largest absolute Gasteiger partial charge is 0.493 e. The molecule has 0 aliphatic carbocycles. The molecule has 0 fully saturated rings. The summed E-state index contributed by atoms with van der Waals surface area (Å²) in [4.78, 5) is 4.67. The molecule has 182 valence electrons. The second kappa shape index (κ2) is 8.50. The lowest BCUT2D eigenvalue weighted by Gasteiger charge is -2.34. The van der Waals surface area contributed by atoms with E-state index in [4.69, 9.17) is 9.47 Å². The number of alkyl halides is 3. The normalized spacial score (nSPS) is 14.8. The Kier molecular flexibility index (Phi) is 5.73. The quantitative estimate of drug-likeness (QED) is 0.345. The number of fused-ring (bicyclic) bond motifs is 1. The first-order chi connectivity index (χ1) is 16.6. The number of benzene rings is 3. The molecule has 0 amide bonds. The number of aliphatic hydroxyl groups is 1. The van der Waals surface area contributed by atoms with Gasteiger partial charge in [0.25, 0.3) is 0 Å². The third-order valence-electron chi connectivity index (χ3n) is 6.74. The van der Waals surface area contributed by atoms with Crippen LogP contribution in [0.3, 0.4) is 0 Å². The molecular weight excluding hydrogens is 455 g/mol. The molecule has 4 aromatic rings. The van der Waals surface area contributed by atoms with Crippen molar-refractivity contribution in [2.24, 2.45) is 0 Å². The average Bonchev–Trinajstić information content (AvgIpc) is 2.82. The van der Waals surface area contributed by atoms with Crippen LogP contribution in [-0.4, -0.2) is 35.1 Å². The molecular formula is C28H26F3NO3. The maximum atomic E-state index is 13.7. The number of nitrogens with zero attached hydrogens (tertiary/aromatic N) is 1. The van der Waals surface area contributed by atoms with E-state index < -0.39 is 24.5 Å². The Morgan fingerprint density at radius 3 is 2.63 bits per heavy atom. The summed E-state index contributed by atoms with van der Waals surface area (Å²) in [5.41, 5.74) is 2.09. The van der Waals surface area contributed by atoms with Crippen molar-refractivity contribution >= 4 is 21.7 Å². The lowest BCUT2D eigenvalue weighted by Crippen LogP contribution is -2.43. The molecule has 3 aromatic carbocycles. The zero-order valence-electron chi connectivity index (χ0n) is 19.7. The number of hydrogen-bond donors (Lipinski definition) is 1. The smallest absolute Gasteiger partial charge is 0.416 e. The van der Waals surface area contributed by atoms with Gasteiger partial charge in [-0.1, -0.05) is 30.3 Å². The third kappa shape index (κ3) is 3.93. The van der Waals surface area contributed by atoms with Crippen LogP contribution < -0.4 is 4.74 Å². The summed E-state index contributed by atoms with van der Waals surface area (Å²) in [6.07, 6.45) is -3.31. The van der Waals surface area contributed by atoms with Gasteiger partial charge in [-0.05, 0) is 72.0 Å². The monoisotopic (exact) mass is 481 g/mol. The van der Waals surface area contributed by atoms with Crippen molar-refractivity contribution in [1.29, 1.82) is 0 Å². The van der Waals surface area contributed by atoms with E-state index in [2.05, 4.69) is 4.98 Å². The Hall–Kier alpha value is -3.16. The van der Waals surface area contributed by atoms with Crippen molar-refractivity contribution in [2.75, 3.05) is 13.2 Å². The number of aryl methyl sites for hydroxylation is 1. The predicted molar refractivity (Wildman–Crippen MR) is 130 cm³/mol. The number of rotatable bonds is 5. The molecule has 4 nitrogen and oxygen atoms in total. The molecule has 0 saturated heterocycles. The van der Waals surface area contributed by atoms with Crippen LogP contribution in [0.5, 0.6) is 5.75 Å². The first-order valence-corrected chi connectivity index (χ1v) is 11.5. The van der Waals surface area contributed by atoms with Crippen LogP contribution >= 0.6 is 0 Å². The topological polar surface area (TPSA) is 51.6 Å². The minimum Gasteiger partial charge on any atom is -0.493 e. The van der Waals surface area contributed by atoms with E-state index >= 15 is 0 Å². The highest BCUT2D eigenvalue weighted by atomic mass is 19.4. The molecule has 35 heavy (non-hydrogen) atoms. The van der Waals surface area contributed by atoms with Gasteiger partial charge in [0.2, 0.25) is 0 Å². The molecule has 0 saturated carbocycles. The highest BCUT2D eigenvalue weighted by molar-refractivity contribution is 6.08. The van der Waals surface area contributed by atoms with Gasteiger partial charge in [-0.3, -0.25) is 4.98 Å². The molecule has 0 spiro atoms. The third-order valence-corrected chi connectivity index (χ3v) is 6.74. The van der Waals surface area contributed by atoms with Gasteiger partial charge in [-0.25, -0.2) is 0 Å². The Morgan fingerprint density at radius 1 is 1.11 bits per heavy atom. The van der Waals surface area contributed by atoms with Crippen LogP contribution in [0.15, 0.2) is 54.7 Å². The molecule has 1 atom stereocenters. The zero-order chi connectivity index (χ0) is 25.0. The van der Waals surface area contributed by atoms with Gasteiger partial charge in [-0.2, -0.15) is 13.2 Å². The highest BCUT2D eigenvalue weighted by Crippen LogP contribution is 2.46. The highest BCUT2D eigenvalue weighted by Gasteiger charge is 2.50. The van der Waals surface area contributed by atoms with Crippen LogP contribution in [0, 0.1) is 6.92 Å². The summed E-state index contributed by atoms with van der Waals surface area (Å²) >= 11 is 0. The van der Waals surface area contributed by atoms with Gasteiger partial charge >= 0.3 is 6.18 Å². The Balaban J connectivity index is 1.83. The second-order valence-electron chi connectivity index (χ2n) is 9.40. The number of aliphatic hydroxyl groups excluding tert-OH is 1. The fourth-order valence-electron chi connectivity index (χ4n) is 4.92. The average molecular weight is 482 g/mol. The minimum atomic E-state index is -4.61. The van der Waals surface area contributed by atoms with Crippen molar-refractivity contribution < 1.29 is 27.8 Å². The summed E-state index contributed by atoms with van der Waals surface area (Å²) in [6, 6.07) is 15.4. The van der Waals surface area contributed by atoms with Crippen molar-refractivity contribution in [2.45, 2.75) is 45.1 Å². The lowest BCUT2D eigenvalue weighted by atomic mass is 9.85. The Morgan fingerprint density at radius 2 is 1.89 bits per heavy atom. The van der Waals surface area contributed by atoms with Crippen molar-refractivity contribution in [1.82, 2.24) is 4.98 Å². The van der Waals surface area contributed by atoms with Gasteiger partial charge < -0.3 is 14.6 Å². The van der Waals surface area contributed by atoms with E-state index in [1.54, 1.807) is 6.20 Å². The Bertz CT molecular complexity index is 1420. The van der Waals surface area contributed by atoms with E-state index in [0.29, 0.717) is 23.3 Å². The number of ether oxygens (including phenoxy) is 2. The van der Waals surface area contributed by atoms with E-state index in [1.807, 2.05) is 55.5 Å². The van der Waals surface area contributed by atoms with Gasteiger partial charge in [0.05, 0.1) is 18.7 Å². The van der Waals surface area contributed by atoms with E-state index in [0.717, 1.165) is 58.9 Å². The summed E-state index contributed by atoms with van der Waals surface area (Å²) in [5.74, 6) is 0.741. The fraction of sp³-hybridized carbons (Fsp3) is 0.321. The number of hydrogen-bond acceptors (Lipinski definition) is 4. The van der Waals surface area contributed by atoms with E-state index in [-0.39, 0.29) is 0 Å². The molecule has 1 unspecified atom stereocenters. The van der Waals surface area contributed by atoms with Crippen LogP contribution in [-0.2, 0) is 11.2 Å². The summed E-state index contributed by atoms with van der Waals surface area (Å²) in [5, 5.41) is 13.0. The molecule has 7 heteroatoms. The number of halogens is 3. The van der Waals surface area contributed by atoms with Crippen LogP contribution in [0.25, 0.3) is 32.8 Å². The summed E-state index contributed by atoms with van der Waals surface area (Å²) < 4.78 is 52.7. The predicted octanol–water partition coefficient (Wildman–Crippen LogP) is 6.69. The molecule has 2 heterocycles. The van der Waals surface area contributed by atoms with E-state index in [1.165, 1.54) is 0 Å². The maximum Gasteiger partial charge on any atom is 0.416 e. The van der Waals surface area contributed by atoms with Gasteiger partial charge in [0, 0.05) is 23.6 Å². The summed E-state index contributed by atoms with van der Waals surface area (Å²) in [7, 11) is 0. The first kappa shape index (κ1) is 23.6. The van der Waals surface area contributed by atoms with Gasteiger partial charge in [0.1, 0.15) is 11.9 Å². The molecule has 1 N–H and O–H groups in total. The van der Waals surface area contributed by atoms with Gasteiger partial charge in [-0.15, -0.1) is 0 Å².